The molecule has 4 rings (SSSR count). The van der Waals surface area contributed by atoms with Gasteiger partial charge in [-0.2, -0.15) is 4.68 Å². The maximum atomic E-state index is 12.6. The molecule has 10 heteroatoms. The van der Waals surface area contributed by atoms with Gasteiger partial charge < -0.3 is 4.74 Å². The summed E-state index contributed by atoms with van der Waals surface area (Å²) >= 11 is 1.24. The topological polar surface area (TPSA) is 112 Å². The Bertz CT molecular complexity index is 1200. The molecule has 9 nitrogen and oxygen atoms in total. The molecule has 2 heterocycles. The van der Waals surface area contributed by atoms with Gasteiger partial charge in [-0.15, -0.1) is 15.3 Å². The lowest BCUT2D eigenvalue weighted by atomic mass is 10.2. The molecule has 0 fully saturated rings. The third-order valence-electron chi connectivity index (χ3n) is 3.90. The molecule has 0 saturated carbocycles. The van der Waals surface area contributed by atoms with Crippen molar-refractivity contribution in [2.45, 2.75) is 6.61 Å². The lowest BCUT2D eigenvalue weighted by Crippen LogP contribution is -2.22. The highest BCUT2D eigenvalue weighted by Crippen LogP contribution is 2.17. The summed E-state index contributed by atoms with van der Waals surface area (Å²) in [5.41, 5.74) is 1.18. The molecule has 140 valence electrons. The van der Waals surface area contributed by atoms with E-state index in [2.05, 4.69) is 25.8 Å². The van der Waals surface area contributed by atoms with Gasteiger partial charge in [0.2, 0.25) is 5.13 Å². The van der Waals surface area contributed by atoms with E-state index in [-0.39, 0.29) is 11.5 Å². The molecule has 0 unspecified atom stereocenters. The van der Waals surface area contributed by atoms with Gasteiger partial charge in [0.1, 0.15) is 17.1 Å². The molecule has 0 atom stereocenters. The summed E-state index contributed by atoms with van der Waals surface area (Å²) in [7, 11) is 1.56. The lowest BCUT2D eigenvalue weighted by Gasteiger charge is -2.06. The third kappa shape index (κ3) is 3.50. The summed E-state index contributed by atoms with van der Waals surface area (Å²) in [5, 5.41) is 20.1. The number of amides is 1. The van der Waals surface area contributed by atoms with Crippen LogP contribution in [0.25, 0.3) is 16.6 Å². The molecular weight excluding hydrogens is 380 g/mol. The third-order valence-corrected chi connectivity index (χ3v) is 4.71. The molecule has 0 saturated heterocycles. The number of nitrogens with one attached hydrogen (secondary N) is 1. The molecule has 2 aromatic heterocycles. The van der Waals surface area contributed by atoms with Crippen molar-refractivity contribution in [2.75, 3.05) is 12.4 Å². The van der Waals surface area contributed by atoms with E-state index >= 15 is 0 Å². The lowest BCUT2D eigenvalue weighted by molar-refractivity contribution is 0.102. The molecule has 0 aliphatic carbocycles. The molecule has 0 bridgehead atoms. The fourth-order valence-electron chi connectivity index (χ4n) is 2.57. The van der Waals surface area contributed by atoms with E-state index in [4.69, 9.17) is 4.74 Å². The van der Waals surface area contributed by atoms with Gasteiger partial charge in [-0.3, -0.25) is 14.9 Å². The van der Waals surface area contributed by atoms with Crippen LogP contribution in [0.5, 0.6) is 0 Å². The second kappa shape index (κ2) is 7.62. The van der Waals surface area contributed by atoms with Gasteiger partial charge in [-0.25, -0.2) is 0 Å². The van der Waals surface area contributed by atoms with Crippen LogP contribution in [0.15, 0.2) is 53.3 Å². The van der Waals surface area contributed by atoms with Gasteiger partial charge in [0.15, 0.2) is 0 Å². The first-order chi connectivity index (χ1) is 13.7. The molecule has 28 heavy (non-hydrogen) atoms. The molecule has 0 spiro atoms. The zero-order valence-electron chi connectivity index (χ0n) is 14.7. The highest BCUT2D eigenvalue weighted by Gasteiger charge is 2.12. The maximum Gasteiger partial charge on any atom is 0.282 e. The van der Waals surface area contributed by atoms with E-state index in [0.717, 1.165) is 0 Å². The van der Waals surface area contributed by atoms with Crippen LogP contribution in [-0.4, -0.2) is 38.2 Å². The van der Waals surface area contributed by atoms with Crippen molar-refractivity contribution in [1.29, 1.82) is 0 Å². The van der Waals surface area contributed by atoms with Crippen molar-refractivity contribution in [2.24, 2.45) is 0 Å². The molecule has 1 N–H and O–H groups in total. The molecule has 0 radical (unpaired) electrons. The van der Waals surface area contributed by atoms with Crippen LogP contribution in [0, 0.1) is 0 Å². The summed E-state index contributed by atoms with van der Waals surface area (Å²) in [6, 6.07) is 13.5. The van der Waals surface area contributed by atoms with Crippen LogP contribution in [0.2, 0.25) is 0 Å². The average Bonchev–Trinajstić information content (AvgIpc) is 3.16. The Hall–Kier alpha value is -3.50. The zero-order valence-corrected chi connectivity index (χ0v) is 15.5. The van der Waals surface area contributed by atoms with Crippen LogP contribution in [0.4, 0.5) is 5.13 Å². The molecule has 0 aliphatic heterocycles. The minimum absolute atomic E-state index is 0.276. The smallest absolute Gasteiger partial charge is 0.282 e. The quantitative estimate of drug-likeness (QED) is 0.551. The number of carbonyl (C=O) groups is 1. The van der Waals surface area contributed by atoms with E-state index in [0.29, 0.717) is 38.9 Å². The molecule has 1 amide bonds. The molecular formula is C18H14N6O3S. The summed E-state index contributed by atoms with van der Waals surface area (Å²) in [4.78, 5) is 25.0. The summed E-state index contributed by atoms with van der Waals surface area (Å²) < 4.78 is 6.18. The van der Waals surface area contributed by atoms with Gasteiger partial charge in [-0.1, -0.05) is 28.7 Å². The first-order valence-electron chi connectivity index (χ1n) is 8.23. The first kappa shape index (κ1) is 17.9. The predicted molar refractivity (Wildman–Crippen MR) is 104 cm³/mol. The minimum atomic E-state index is -0.330. The number of nitrogens with zero attached hydrogens (tertiary/aromatic N) is 5. The summed E-state index contributed by atoms with van der Waals surface area (Å²) in [5.74, 6) is -0.330. The zero-order chi connectivity index (χ0) is 19.5. The number of aromatic nitrogens is 5. The van der Waals surface area contributed by atoms with Gasteiger partial charge in [0.05, 0.1) is 11.1 Å². The van der Waals surface area contributed by atoms with Crippen LogP contribution in [0.3, 0.4) is 0 Å². The van der Waals surface area contributed by atoms with Crippen LogP contribution in [0.1, 0.15) is 15.4 Å². The number of fused-ring (bicyclic) bond motifs is 1. The molecule has 2 aromatic carbocycles. The van der Waals surface area contributed by atoms with Crippen molar-refractivity contribution in [3.8, 4) is 5.69 Å². The predicted octanol–water partition coefficient (Wildman–Crippen LogP) is 2.03. The number of hydrogen-bond acceptors (Lipinski definition) is 8. The number of methoxy groups -OCH3 is 1. The second-order valence-electron chi connectivity index (χ2n) is 5.76. The van der Waals surface area contributed by atoms with Crippen LogP contribution < -0.4 is 10.9 Å². The Kier molecular flexibility index (Phi) is 4.87. The van der Waals surface area contributed by atoms with Crippen LogP contribution >= 0.6 is 11.3 Å². The van der Waals surface area contributed by atoms with E-state index < -0.39 is 0 Å². The SMILES string of the molecule is COCc1nnc(NC(=O)c2ccc(-n3nnc4ccccc4c3=O)cc2)s1. The highest BCUT2D eigenvalue weighted by atomic mass is 32.1. The number of anilines is 1. The fourth-order valence-corrected chi connectivity index (χ4v) is 3.27. The first-order valence-corrected chi connectivity index (χ1v) is 9.05. The standard InChI is InChI=1S/C18H14N6O3S/c1-27-10-15-21-22-18(28-15)19-16(25)11-6-8-12(9-7-11)24-17(26)13-4-2-3-5-14(13)20-23-24/h2-9H,10H2,1H3,(H,19,22,25). The highest BCUT2D eigenvalue weighted by molar-refractivity contribution is 7.15. The number of hydrogen-bond donors (Lipinski definition) is 1. The van der Waals surface area contributed by atoms with Gasteiger partial charge in [0.25, 0.3) is 11.5 Å². The maximum absolute atomic E-state index is 12.6. The van der Waals surface area contributed by atoms with Crippen molar-refractivity contribution in [3.05, 3.63) is 69.5 Å². The van der Waals surface area contributed by atoms with Gasteiger partial charge >= 0.3 is 0 Å². The van der Waals surface area contributed by atoms with Gasteiger partial charge in [-0.05, 0) is 36.4 Å². The van der Waals surface area contributed by atoms with E-state index in [1.54, 1.807) is 55.6 Å². The monoisotopic (exact) mass is 394 g/mol. The van der Waals surface area contributed by atoms with E-state index in [1.807, 2.05) is 0 Å². The fraction of sp³-hybridized carbons (Fsp3) is 0.111. The second-order valence-corrected chi connectivity index (χ2v) is 6.82. The number of ether oxygens (including phenoxy) is 1. The largest absolute Gasteiger partial charge is 0.377 e. The Morgan fingerprint density at radius 1 is 1.11 bits per heavy atom. The Morgan fingerprint density at radius 2 is 1.89 bits per heavy atom. The number of carbonyl (C=O) groups excluding carboxylic acids is 1. The average molecular weight is 394 g/mol. The van der Waals surface area contributed by atoms with Crippen molar-refractivity contribution in [1.82, 2.24) is 25.2 Å². The Balaban J connectivity index is 1.56. The van der Waals surface area contributed by atoms with E-state index in [1.165, 1.54) is 16.0 Å². The number of benzene rings is 2. The Labute approximate surface area is 162 Å². The van der Waals surface area contributed by atoms with Crippen molar-refractivity contribution in [3.63, 3.8) is 0 Å². The normalized spacial score (nSPS) is 10.9. The van der Waals surface area contributed by atoms with Gasteiger partial charge in [0, 0.05) is 12.7 Å². The number of rotatable bonds is 5. The minimum Gasteiger partial charge on any atom is -0.377 e. The summed E-state index contributed by atoms with van der Waals surface area (Å²) in [6.07, 6.45) is 0. The van der Waals surface area contributed by atoms with Crippen molar-refractivity contribution >= 4 is 33.3 Å². The summed E-state index contributed by atoms with van der Waals surface area (Å²) in [6.45, 7) is 0.337. The Morgan fingerprint density at radius 3 is 2.68 bits per heavy atom. The van der Waals surface area contributed by atoms with Crippen LogP contribution in [-0.2, 0) is 11.3 Å². The van der Waals surface area contributed by atoms with E-state index in [9.17, 15) is 9.59 Å². The molecule has 0 aliphatic rings. The molecule has 4 aromatic rings. The van der Waals surface area contributed by atoms with Crippen molar-refractivity contribution < 1.29 is 9.53 Å².